The van der Waals surface area contributed by atoms with Crippen LogP contribution in [-0.4, -0.2) is 38.9 Å². The van der Waals surface area contributed by atoms with Crippen molar-refractivity contribution in [3.8, 4) is 0 Å². The summed E-state index contributed by atoms with van der Waals surface area (Å²) in [7, 11) is 0. The lowest BCUT2D eigenvalue weighted by Gasteiger charge is -2.39. The molecular weight excluding hydrogens is 224 g/mol. The van der Waals surface area contributed by atoms with E-state index in [0.29, 0.717) is 6.04 Å². The Balaban J connectivity index is 1.64. The molecule has 3 rings (SSSR count). The molecular formula is C15H21N2O. The van der Waals surface area contributed by atoms with E-state index >= 15 is 0 Å². The zero-order chi connectivity index (χ0) is 12.2. The first-order chi connectivity index (χ1) is 8.93. The van der Waals surface area contributed by atoms with Gasteiger partial charge in [-0.3, -0.25) is 0 Å². The molecule has 0 amide bonds. The molecule has 1 unspecified atom stereocenters. The Labute approximate surface area is 109 Å². The number of rotatable bonds is 2. The van der Waals surface area contributed by atoms with Gasteiger partial charge in [0.25, 0.3) is 0 Å². The number of nitrogens with zero attached hydrogens (tertiary/aromatic N) is 2. The zero-order valence-corrected chi connectivity index (χ0v) is 10.8. The molecule has 2 heterocycles. The number of para-hydroxylation sites is 1. The third kappa shape index (κ3) is 2.68. The van der Waals surface area contributed by atoms with E-state index in [9.17, 15) is 0 Å². The first kappa shape index (κ1) is 12.0. The summed E-state index contributed by atoms with van der Waals surface area (Å²) >= 11 is 0. The summed E-state index contributed by atoms with van der Waals surface area (Å²) < 4.78 is 5.45. The monoisotopic (exact) mass is 245 g/mol. The fourth-order valence-corrected chi connectivity index (χ4v) is 2.99. The Bertz CT molecular complexity index is 362. The van der Waals surface area contributed by atoms with E-state index in [2.05, 4.69) is 35.2 Å². The van der Waals surface area contributed by atoms with Crippen LogP contribution in [0.25, 0.3) is 0 Å². The van der Waals surface area contributed by atoms with Crippen LogP contribution >= 0.6 is 0 Å². The molecule has 0 saturated carbocycles. The topological polar surface area (TPSA) is 26.6 Å². The molecule has 0 aliphatic carbocycles. The summed E-state index contributed by atoms with van der Waals surface area (Å²) in [6, 6.07) is 11.2. The van der Waals surface area contributed by atoms with Crippen molar-refractivity contribution in [3.63, 3.8) is 0 Å². The second kappa shape index (κ2) is 5.72. The second-order valence-electron chi connectivity index (χ2n) is 5.20. The normalized spacial score (nSPS) is 26.2. The predicted octanol–water partition coefficient (Wildman–Crippen LogP) is 1.91. The van der Waals surface area contributed by atoms with Crippen molar-refractivity contribution in [1.82, 2.24) is 5.32 Å². The zero-order valence-electron chi connectivity index (χ0n) is 10.8. The summed E-state index contributed by atoms with van der Waals surface area (Å²) in [4.78, 5) is 2.48. The summed E-state index contributed by atoms with van der Waals surface area (Å²) in [5, 5.41) is 4.83. The summed E-state index contributed by atoms with van der Waals surface area (Å²) in [5.41, 5.74) is 1.34. The highest BCUT2D eigenvalue weighted by molar-refractivity contribution is 5.46. The van der Waals surface area contributed by atoms with Gasteiger partial charge in [0.1, 0.15) is 0 Å². The molecule has 1 aromatic carbocycles. The Hall–Kier alpha value is -1.06. The molecule has 1 atom stereocenters. The quantitative estimate of drug-likeness (QED) is 0.795. The second-order valence-corrected chi connectivity index (χ2v) is 5.20. The molecule has 1 aromatic rings. The van der Waals surface area contributed by atoms with Gasteiger partial charge >= 0.3 is 0 Å². The van der Waals surface area contributed by atoms with Crippen molar-refractivity contribution in [2.75, 3.05) is 37.7 Å². The van der Waals surface area contributed by atoms with Crippen LogP contribution in [0.1, 0.15) is 12.8 Å². The molecule has 1 radical (unpaired) electrons. The molecule has 2 aliphatic heterocycles. The molecule has 2 fully saturated rings. The summed E-state index contributed by atoms with van der Waals surface area (Å²) in [6.45, 7) is 4.94. The van der Waals surface area contributed by atoms with Crippen LogP contribution in [0.2, 0.25) is 0 Å². The van der Waals surface area contributed by atoms with Crippen LogP contribution in [0.3, 0.4) is 0 Å². The molecule has 3 heteroatoms. The van der Waals surface area contributed by atoms with Crippen LogP contribution in [0.5, 0.6) is 0 Å². The highest BCUT2D eigenvalue weighted by Gasteiger charge is 2.29. The lowest BCUT2D eigenvalue weighted by atomic mass is 9.90. The Morgan fingerprint density at radius 3 is 2.67 bits per heavy atom. The maximum Gasteiger partial charge on any atom is 0.0469 e. The molecule has 0 spiro atoms. The van der Waals surface area contributed by atoms with Crippen molar-refractivity contribution in [3.05, 3.63) is 30.3 Å². The predicted molar refractivity (Wildman–Crippen MR) is 73.0 cm³/mol. The minimum absolute atomic E-state index is 0.503. The van der Waals surface area contributed by atoms with Gasteiger partial charge in [0.05, 0.1) is 0 Å². The molecule has 2 saturated heterocycles. The smallest absolute Gasteiger partial charge is 0.0469 e. The summed E-state index contributed by atoms with van der Waals surface area (Å²) in [5.74, 6) is 0.727. The van der Waals surface area contributed by atoms with Crippen LogP contribution in [0, 0.1) is 5.92 Å². The standard InChI is InChI=1S/C15H21N2O/c1-2-4-14(5-3-1)17-9-8-16-15(12-17)13-6-10-18-11-7-13/h1-5,13,15H,6-12H2. The van der Waals surface area contributed by atoms with E-state index in [1.807, 2.05) is 0 Å². The van der Waals surface area contributed by atoms with Crippen molar-refractivity contribution in [2.24, 2.45) is 5.92 Å². The van der Waals surface area contributed by atoms with Gasteiger partial charge in [0.2, 0.25) is 0 Å². The largest absolute Gasteiger partial charge is 0.381 e. The van der Waals surface area contributed by atoms with Gasteiger partial charge in [-0.05, 0) is 30.9 Å². The number of hydrogen-bond acceptors (Lipinski definition) is 2. The SMILES string of the molecule is c1ccc(N2CC[N]C(C3CCOCC3)C2)cc1. The van der Waals surface area contributed by atoms with Crippen molar-refractivity contribution in [2.45, 2.75) is 18.9 Å². The van der Waals surface area contributed by atoms with E-state index in [1.54, 1.807) is 0 Å². The number of anilines is 1. The number of piperazine rings is 1. The van der Waals surface area contributed by atoms with Gasteiger partial charge in [0.15, 0.2) is 0 Å². The molecule has 0 aromatic heterocycles. The van der Waals surface area contributed by atoms with Crippen LogP contribution < -0.4 is 10.2 Å². The maximum absolute atomic E-state index is 5.45. The van der Waals surface area contributed by atoms with Gasteiger partial charge in [-0.1, -0.05) is 18.2 Å². The van der Waals surface area contributed by atoms with Crippen molar-refractivity contribution < 1.29 is 4.74 Å². The van der Waals surface area contributed by atoms with Gasteiger partial charge in [-0.25, -0.2) is 5.32 Å². The molecule has 0 bridgehead atoms. The fraction of sp³-hybridized carbons (Fsp3) is 0.600. The van der Waals surface area contributed by atoms with Gasteiger partial charge < -0.3 is 9.64 Å². The fourth-order valence-electron chi connectivity index (χ4n) is 2.99. The Morgan fingerprint density at radius 1 is 1.11 bits per heavy atom. The third-order valence-corrected chi connectivity index (χ3v) is 4.07. The first-order valence-corrected chi connectivity index (χ1v) is 6.98. The first-order valence-electron chi connectivity index (χ1n) is 6.98. The average Bonchev–Trinajstić information content (AvgIpc) is 2.49. The lowest BCUT2D eigenvalue weighted by Crippen LogP contribution is -2.51. The van der Waals surface area contributed by atoms with Gasteiger partial charge in [0, 0.05) is 44.6 Å². The van der Waals surface area contributed by atoms with E-state index in [-0.39, 0.29) is 0 Å². The Morgan fingerprint density at radius 2 is 1.89 bits per heavy atom. The molecule has 2 aliphatic rings. The molecule has 97 valence electrons. The minimum Gasteiger partial charge on any atom is -0.381 e. The van der Waals surface area contributed by atoms with E-state index in [0.717, 1.165) is 38.8 Å². The van der Waals surface area contributed by atoms with Gasteiger partial charge in [-0.2, -0.15) is 0 Å². The van der Waals surface area contributed by atoms with Crippen LogP contribution in [0.4, 0.5) is 5.69 Å². The number of benzene rings is 1. The Kier molecular flexibility index (Phi) is 3.81. The van der Waals surface area contributed by atoms with E-state index in [4.69, 9.17) is 10.1 Å². The lowest BCUT2D eigenvalue weighted by molar-refractivity contribution is 0.0526. The average molecular weight is 245 g/mol. The summed E-state index contributed by atoms with van der Waals surface area (Å²) in [6.07, 6.45) is 2.35. The van der Waals surface area contributed by atoms with Crippen molar-refractivity contribution >= 4 is 5.69 Å². The van der Waals surface area contributed by atoms with Crippen LogP contribution in [-0.2, 0) is 4.74 Å². The van der Waals surface area contributed by atoms with E-state index in [1.165, 1.54) is 18.5 Å². The number of hydrogen-bond donors (Lipinski definition) is 0. The maximum atomic E-state index is 5.45. The molecule has 18 heavy (non-hydrogen) atoms. The minimum atomic E-state index is 0.503. The number of ether oxygens (including phenoxy) is 1. The molecule has 0 N–H and O–H groups in total. The van der Waals surface area contributed by atoms with Gasteiger partial charge in [-0.15, -0.1) is 0 Å². The molecule has 3 nitrogen and oxygen atoms in total. The van der Waals surface area contributed by atoms with Crippen LogP contribution in [0.15, 0.2) is 30.3 Å². The highest BCUT2D eigenvalue weighted by atomic mass is 16.5. The third-order valence-electron chi connectivity index (χ3n) is 4.07. The van der Waals surface area contributed by atoms with E-state index < -0.39 is 0 Å². The highest BCUT2D eigenvalue weighted by Crippen LogP contribution is 2.24. The van der Waals surface area contributed by atoms with Crippen molar-refractivity contribution in [1.29, 1.82) is 0 Å².